The van der Waals surface area contributed by atoms with E-state index in [0.29, 0.717) is 6.04 Å². The zero-order valence-corrected chi connectivity index (χ0v) is 10.4. The number of likely N-dealkylation sites (N-methyl/N-ethyl adjacent to an activating group) is 1. The minimum Gasteiger partial charge on any atom is -0.379 e. The predicted octanol–water partition coefficient (Wildman–Crippen LogP) is -0.0123. The normalized spacial score (nSPS) is 24.9. The topological polar surface area (TPSA) is 41.7 Å². The van der Waals surface area contributed by atoms with E-state index >= 15 is 0 Å². The van der Waals surface area contributed by atoms with E-state index in [1.807, 2.05) is 0 Å². The number of ether oxygens (including phenoxy) is 1. The Morgan fingerprint density at radius 3 is 2.62 bits per heavy atom. The van der Waals surface area contributed by atoms with E-state index in [-0.39, 0.29) is 0 Å². The van der Waals surface area contributed by atoms with Gasteiger partial charge in [0.25, 0.3) is 0 Å². The summed E-state index contributed by atoms with van der Waals surface area (Å²) < 4.78 is 5.35. The second kappa shape index (κ2) is 5.96. The Balaban J connectivity index is 1.67. The SMILES string of the molecule is CN(CCN1CCOCC1)C(CN)C1CC1. The number of hydrogen-bond donors (Lipinski definition) is 1. The van der Waals surface area contributed by atoms with Crippen LogP contribution in [0.25, 0.3) is 0 Å². The summed E-state index contributed by atoms with van der Waals surface area (Å²) >= 11 is 0. The number of nitrogens with zero attached hydrogens (tertiary/aromatic N) is 2. The van der Waals surface area contributed by atoms with Crippen LogP contribution in [0.15, 0.2) is 0 Å². The highest BCUT2D eigenvalue weighted by Gasteiger charge is 2.32. The van der Waals surface area contributed by atoms with Crippen LogP contribution in [0.3, 0.4) is 0 Å². The molecule has 2 aliphatic rings. The molecule has 1 aliphatic heterocycles. The first kappa shape index (κ1) is 12.3. The number of morpholine rings is 1. The molecule has 2 N–H and O–H groups in total. The molecule has 0 bridgehead atoms. The van der Waals surface area contributed by atoms with Crippen molar-refractivity contribution >= 4 is 0 Å². The van der Waals surface area contributed by atoms with Crippen LogP contribution >= 0.6 is 0 Å². The zero-order valence-electron chi connectivity index (χ0n) is 10.4. The second-order valence-corrected chi connectivity index (χ2v) is 5.08. The lowest BCUT2D eigenvalue weighted by molar-refractivity contribution is 0.0322. The van der Waals surface area contributed by atoms with Gasteiger partial charge in [-0.15, -0.1) is 0 Å². The van der Waals surface area contributed by atoms with E-state index in [1.54, 1.807) is 0 Å². The van der Waals surface area contributed by atoms with Crippen molar-refractivity contribution in [2.24, 2.45) is 11.7 Å². The zero-order chi connectivity index (χ0) is 11.4. The van der Waals surface area contributed by atoms with Crippen LogP contribution in [0.4, 0.5) is 0 Å². The van der Waals surface area contributed by atoms with Crippen LogP contribution in [-0.4, -0.2) is 68.8 Å². The first-order valence-electron chi connectivity index (χ1n) is 6.51. The van der Waals surface area contributed by atoms with Crippen LogP contribution in [0.2, 0.25) is 0 Å². The molecule has 4 heteroatoms. The molecule has 2 rings (SSSR count). The molecular formula is C12H25N3O. The number of rotatable bonds is 6. The van der Waals surface area contributed by atoms with Gasteiger partial charge in [-0.1, -0.05) is 0 Å². The Kier molecular flexibility index (Phi) is 4.58. The van der Waals surface area contributed by atoms with Crippen molar-refractivity contribution in [1.29, 1.82) is 0 Å². The third kappa shape index (κ3) is 3.42. The Bertz CT molecular complexity index is 202. The summed E-state index contributed by atoms with van der Waals surface area (Å²) in [6, 6.07) is 0.612. The minimum absolute atomic E-state index is 0.612. The van der Waals surface area contributed by atoms with Gasteiger partial charge in [0.15, 0.2) is 0 Å². The van der Waals surface area contributed by atoms with E-state index in [4.69, 9.17) is 10.5 Å². The summed E-state index contributed by atoms with van der Waals surface area (Å²) in [6.07, 6.45) is 2.76. The first-order chi connectivity index (χ1) is 7.81. The first-order valence-corrected chi connectivity index (χ1v) is 6.51. The summed E-state index contributed by atoms with van der Waals surface area (Å²) in [6.45, 7) is 7.07. The molecule has 1 atom stereocenters. The highest BCUT2D eigenvalue weighted by atomic mass is 16.5. The second-order valence-electron chi connectivity index (χ2n) is 5.08. The summed E-state index contributed by atoms with van der Waals surface area (Å²) in [5.74, 6) is 0.875. The molecule has 0 aromatic rings. The Morgan fingerprint density at radius 2 is 2.06 bits per heavy atom. The molecule has 0 amide bonds. The molecule has 1 saturated carbocycles. The van der Waals surface area contributed by atoms with Crippen molar-refractivity contribution in [3.63, 3.8) is 0 Å². The van der Waals surface area contributed by atoms with Crippen molar-refractivity contribution in [3.05, 3.63) is 0 Å². The van der Waals surface area contributed by atoms with E-state index < -0.39 is 0 Å². The van der Waals surface area contributed by atoms with Gasteiger partial charge >= 0.3 is 0 Å². The smallest absolute Gasteiger partial charge is 0.0594 e. The monoisotopic (exact) mass is 227 g/mol. The molecule has 2 fully saturated rings. The van der Waals surface area contributed by atoms with Crippen molar-refractivity contribution < 1.29 is 4.74 Å². The van der Waals surface area contributed by atoms with Gasteiger partial charge in [0.05, 0.1) is 13.2 Å². The van der Waals surface area contributed by atoms with Gasteiger partial charge in [0, 0.05) is 38.8 Å². The van der Waals surface area contributed by atoms with Crippen molar-refractivity contribution in [1.82, 2.24) is 9.80 Å². The Labute approximate surface area is 98.7 Å². The highest BCUT2D eigenvalue weighted by molar-refractivity contribution is 4.88. The van der Waals surface area contributed by atoms with Crippen LogP contribution in [-0.2, 0) is 4.74 Å². The van der Waals surface area contributed by atoms with E-state index in [9.17, 15) is 0 Å². The van der Waals surface area contributed by atoms with Gasteiger partial charge in [0.2, 0.25) is 0 Å². The van der Waals surface area contributed by atoms with E-state index in [2.05, 4.69) is 16.8 Å². The van der Waals surface area contributed by atoms with Gasteiger partial charge in [-0.05, 0) is 25.8 Å². The number of nitrogens with two attached hydrogens (primary N) is 1. The third-order valence-electron chi connectivity index (χ3n) is 3.85. The molecule has 1 saturated heterocycles. The van der Waals surface area contributed by atoms with Crippen LogP contribution in [0.5, 0.6) is 0 Å². The van der Waals surface area contributed by atoms with Gasteiger partial charge in [0.1, 0.15) is 0 Å². The molecule has 0 spiro atoms. The summed E-state index contributed by atoms with van der Waals surface area (Å²) in [5.41, 5.74) is 5.85. The van der Waals surface area contributed by atoms with Gasteiger partial charge in [-0.2, -0.15) is 0 Å². The Morgan fingerprint density at radius 1 is 1.38 bits per heavy atom. The third-order valence-corrected chi connectivity index (χ3v) is 3.85. The lowest BCUT2D eigenvalue weighted by atomic mass is 10.1. The predicted molar refractivity (Wildman–Crippen MR) is 65.5 cm³/mol. The van der Waals surface area contributed by atoms with Crippen molar-refractivity contribution in [2.75, 3.05) is 53.0 Å². The van der Waals surface area contributed by atoms with Gasteiger partial charge < -0.3 is 15.4 Å². The molecule has 16 heavy (non-hydrogen) atoms. The molecule has 0 radical (unpaired) electrons. The molecule has 0 aromatic carbocycles. The maximum absolute atomic E-state index is 5.85. The molecule has 4 nitrogen and oxygen atoms in total. The quantitative estimate of drug-likeness (QED) is 0.693. The fraction of sp³-hybridized carbons (Fsp3) is 1.00. The van der Waals surface area contributed by atoms with Crippen molar-refractivity contribution in [3.8, 4) is 0 Å². The fourth-order valence-electron chi connectivity index (χ4n) is 2.50. The summed E-state index contributed by atoms with van der Waals surface area (Å²) in [5, 5.41) is 0. The molecular weight excluding hydrogens is 202 g/mol. The average Bonchev–Trinajstić information content (AvgIpc) is 3.13. The van der Waals surface area contributed by atoms with Crippen molar-refractivity contribution in [2.45, 2.75) is 18.9 Å². The maximum Gasteiger partial charge on any atom is 0.0594 e. The molecule has 94 valence electrons. The van der Waals surface area contributed by atoms with E-state index in [0.717, 1.165) is 51.9 Å². The minimum atomic E-state index is 0.612. The summed E-state index contributed by atoms with van der Waals surface area (Å²) in [4.78, 5) is 4.94. The maximum atomic E-state index is 5.85. The molecule has 1 heterocycles. The van der Waals surface area contributed by atoms with Crippen LogP contribution < -0.4 is 5.73 Å². The van der Waals surface area contributed by atoms with E-state index in [1.165, 1.54) is 12.8 Å². The standard InChI is InChI=1S/C12H25N3O/c1-14(12(10-13)11-2-3-11)4-5-15-6-8-16-9-7-15/h11-12H,2-10,13H2,1H3. The van der Waals surface area contributed by atoms with Gasteiger partial charge in [-0.3, -0.25) is 4.90 Å². The molecule has 1 aliphatic carbocycles. The number of hydrogen-bond acceptors (Lipinski definition) is 4. The lowest BCUT2D eigenvalue weighted by Crippen LogP contribution is -2.45. The average molecular weight is 227 g/mol. The van der Waals surface area contributed by atoms with Gasteiger partial charge in [-0.25, -0.2) is 0 Å². The summed E-state index contributed by atoms with van der Waals surface area (Å²) in [7, 11) is 2.22. The van der Waals surface area contributed by atoms with Crippen LogP contribution in [0.1, 0.15) is 12.8 Å². The molecule has 1 unspecified atom stereocenters. The lowest BCUT2D eigenvalue weighted by Gasteiger charge is -2.31. The highest BCUT2D eigenvalue weighted by Crippen LogP contribution is 2.34. The Hall–Kier alpha value is -0.160. The fourth-order valence-corrected chi connectivity index (χ4v) is 2.50. The van der Waals surface area contributed by atoms with Crippen LogP contribution in [0, 0.1) is 5.92 Å². The molecule has 0 aromatic heterocycles. The largest absolute Gasteiger partial charge is 0.379 e.